The fraction of sp³-hybridized carbons (Fsp3) is 0.143. The number of benzene rings is 1. The number of methoxy groups -OCH3 is 1. The summed E-state index contributed by atoms with van der Waals surface area (Å²) < 4.78 is 5.89. The number of ketones is 1. The number of para-hydroxylation sites is 1. The van der Waals surface area contributed by atoms with E-state index in [0.29, 0.717) is 15.6 Å². The van der Waals surface area contributed by atoms with Gasteiger partial charge in [-0.2, -0.15) is 5.26 Å². The van der Waals surface area contributed by atoms with Crippen molar-refractivity contribution in [2.24, 2.45) is 0 Å². The number of rotatable bonds is 4. The van der Waals surface area contributed by atoms with Gasteiger partial charge in [-0.1, -0.05) is 41.4 Å². The lowest BCUT2D eigenvalue weighted by atomic mass is 9.92. The summed E-state index contributed by atoms with van der Waals surface area (Å²) in [4.78, 5) is 12.5. The maximum absolute atomic E-state index is 12.5. The predicted molar refractivity (Wildman–Crippen MR) is 80.0 cm³/mol. The van der Waals surface area contributed by atoms with Crippen LogP contribution in [0.3, 0.4) is 0 Å². The minimum atomic E-state index is -0.977. The highest BCUT2D eigenvalue weighted by Gasteiger charge is 2.27. The number of nitriles is 1. The van der Waals surface area contributed by atoms with E-state index >= 15 is 0 Å². The van der Waals surface area contributed by atoms with E-state index in [4.69, 9.17) is 27.9 Å². The van der Waals surface area contributed by atoms with E-state index < -0.39 is 5.92 Å². The third-order valence-electron chi connectivity index (χ3n) is 2.76. The maximum Gasteiger partial charge on any atom is 0.187 e. The lowest BCUT2D eigenvalue weighted by Gasteiger charge is -2.12. The van der Waals surface area contributed by atoms with Gasteiger partial charge in [0.25, 0.3) is 0 Å². The van der Waals surface area contributed by atoms with Gasteiger partial charge in [0.1, 0.15) is 16.0 Å². The maximum atomic E-state index is 12.5. The molecule has 2 rings (SSSR count). The Hall–Kier alpha value is -1.54. The lowest BCUT2D eigenvalue weighted by Crippen LogP contribution is -2.12. The summed E-state index contributed by atoms with van der Waals surface area (Å²) in [6.45, 7) is 0. The van der Waals surface area contributed by atoms with Crippen molar-refractivity contribution in [2.75, 3.05) is 7.11 Å². The third-order valence-corrected chi connectivity index (χ3v) is 4.25. The summed E-state index contributed by atoms with van der Waals surface area (Å²) in [5.41, 5.74) is 0.778. The molecule has 0 bridgehead atoms. The Bertz CT molecular complexity index is 691. The predicted octanol–water partition coefficient (Wildman–Crippen LogP) is 4.55. The highest BCUT2D eigenvalue weighted by atomic mass is 35.5. The Morgan fingerprint density at radius 1 is 1.40 bits per heavy atom. The van der Waals surface area contributed by atoms with E-state index in [1.807, 2.05) is 6.07 Å². The zero-order valence-electron chi connectivity index (χ0n) is 10.4. The van der Waals surface area contributed by atoms with E-state index in [0.717, 1.165) is 11.3 Å². The molecule has 0 aliphatic rings. The van der Waals surface area contributed by atoms with Gasteiger partial charge in [-0.15, -0.1) is 11.3 Å². The van der Waals surface area contributed by atoms with Crippen molar-refractivity contribution in [3.63, 3.8) is 0 Å². The smallest absolute Gasteiger partial charge is 0.187 e. The van der Waals surface area contributed by atoms with Crippen molar-refractivity contribution < 1.29 is 9.53 Å². The molecule has 0 radical (unpaired) electrons. The molecule has 2 aromatic rings. The first-order chi connectivity index (χ1) is 9.58. The Morgan fingerprint density at radius 2 is 2.10 bits per heavy atom. The average Bonchev–Trinajstić information content (AvgIpc) is 2.79. The highest BCUT2D eigenvalue weighted by molar-refractivity contribution is 7.20. The number of carbonyl (C=O) groups is 1. The standard InChI is InChI=1S/C14H9Cl2NO2S/c1-19-11-5-3-2-4-8(11)10(7-17)13(18)9-6-12(15)20-14(9)16/h2-6,10H,1H3. The van der Waals surface area contributed by atoms with E-state index in [1.54, 1.807) is 24.3 Å². The summed E-state index contributed by atoms with van der Waals surface area (Å²) >= 11 is 12.9. The van der Waals surface area contributed by atoms with Crippen LogP contribution in [-0.4, -0.2) is 12.9 Å². The number of carbonyl (C=O) groups excluding carboxylic acids is 1. The molecule has 0 spiro atoms. The van der Waals surface area contributed by atoms with E-state index in [9.17, 15) is 10.1 Å². The summed E-state index contributed by atoms with van der Waals surface area (Å²) in [7, 11) is 1.49. The Balaban J connectivity index is 2.45. The molecule has 20 heavy (non-hydrogen) atoms. The number of Topliss-reactive ketones (excluding diaryl/α,β-unsaturated/α-hetero) is 1. The number of halogens is 2. The summed E-state index contributed by atoms with van der Waals surface area (Å²) in [6, 6.07) is 10.4. The Kier molecular flexibility index (Phi) is 4.66. The molecule has 1 aromatic heterocycles. The fourth-order valence-electron chi connectivity index (χ4n) is 1.84. The number of hydrogen-bond acceptors (Lipinski definition) is 4. The van der Waals surface area contributed by atoms with Gasteiger partial charge in [0, 0.05) is 5.56 Å². The average molecular weight is 326 g/mol. The van der Waals surface area contributed by atoms with Crippen LogP contribution < -0.4 is 4.74 Å². The molecule has 102 valence electrons. The molecule has 1 heterocycles. The summed E-state index contributed by atoms with van der Waals surface area (Å²) in [5.74, 6) is -0.871. The molecule has 3 nitrogen and oxygen atoms in total. The van der Waals surface area contributed by atoms with Crippen LogP contribution in [0.5, 0.6) is 5.75 Å². The van der Waals surface area contributed by atoms with Crippen LogP contribution in [0, 0.1) is 11.3 Å². The fourth-order valence-corrected chi connectivity index (χ4v) is 3.31. The van der Waals surface area contributed by atoms with Gasteiger partial charge in [-0.05, 0) is 12.1 Å². The van der Waals surface area contributed by atoms with E-state index in [2.05, 4.69) is 0 Å². The van der Waals surface area contributed by atoms with Crippen LogP contribution in [0.4, 0.5) is 0 Å². The van der Waals surface area contributed by atoms with Crippen LogP contribution >= 0.6 is 34.5 Å². The van der Waals surface area contributed by atoms with Crippen molar-refractivity contribution in [1.82, 2.24) is 0 Å². The molecule has 0 amide bonds. The molecular weight excluding hydrogens is 317 g/mol. The molecule has 0 saturated heterocycles. The van der Waals surface area contributed by atoms with Gasteiger partial charge >= 0.3 is 0 Å². The SMILES string of the molecule is COc1ccccc1C(C#N)C(=O)c1cc(Cl)sc1Cl. The van der Waals surface area contributed by atoms with Gasteiger partial charge in [-0.25, -0.2) is 0 Å². The zero-order chi connectivity index (χ0) is 14.7. The van der Waals surface area contributed by atoms with Gasteiger partial charge in [0.2, 0.25) is 0 Å². The van der Waals surface area contributed by atoms with Crippen LogP contribution in [0.1, 0.15) is 21.8 Å². The molecule has 1 atom stereocenters. The van der Waals surface area contributed by atoms with Crippen molar-refractivity contribution >= 4 is 40.3 Å². The first-order valence-corrected chi connectivity index (χ1v) is 7.17. The normalized spacial score (nSPS) is 11.7. The minimum absolute atomic E-state index is 0.263. The number of hydrogen-bond donors (Lipinski definition) is 0. The first kappa shape index (κ1) is 14.9. The van der Waals surface area contributed by atoms with E-state index in [1.165, 1.54) is 13.2 Å². The minimum Gasteiger partial charge on any atom is -0.496 e. The second-order valence-electron chi connectivity index (χ2n) is 3.91. The third kappa shape index (κ3) is 2.80. The number of thiophene rings is 1. The molecule has 0 aliphatic heterocycles. The van der Waals surface area contributed by atoms with Crippen LogP contribution in [0.15, 0.2) is 30.3 Å². The molecule has 6 heteroatoms. The van der Waals surface area contributed by atoms with Crippen molar-refractivity contribution in [2.45, 2.75) is 5.92 Å². The summed E-state index contributed by atoms with van der Waals surface area (Å²) in [5, 5.41) is 9.33. The quantitative estimate of drug-likeness (QED) is 0.774. The second-order valence-corrected chi connectivity index (χ2v) is 6.19. The molecule has 1 unspecified atom stereocenters. The lowest BCUT2D eigenvalue weighted by molar-refractivity contribution is 0.0978. The van der Waals surface area contributed by atoms with Gasteiger partial charge in [-0.3, -0.25) is 4.79 Å². The van der Waals surface area contributed by atoms with Crippen LogP contribution in [-0.2, 0) is 0 Å². The van der Waals surface area contributed by atoms with Gasteiger partial charge in [0.05, 0.1) is 23.1 Å². The van der Waals surface area contributed by atoms with Crippen molar-refractivity contribution in [3.8, 4) is 11.8 Å². The second kappa shape index (κ2) is 6.27. The summed E-state index contributed by atoms with van der Waals surface area (Å²) in [6.07, 6.45) is 0. The monoisotopic (exact) mass is 325 g/mol. The van der Waals surface area contributed by atoms with E-state index in [-0.39, 0.29) is 15.7 Å². The first-order valence-electron chi connectivity index (χ1n) is 5.60. The number of nitrogens with zero attached hydrogens (tertiary/aromatic N) is 1. The number of ether oxygens (including phenoxy) is 1. The molecule has 0 saturated carbocycles. The zero-order valence-corrected chi connectivity index (χ0v) is 12.7. The van der Waals surface area contributed by atoms with Crippen molar-refractivity contribution in [3.05, 3.63) is 50.1 Å². The molecule has 1 aromatic carbocycles. The topological polar surface area (TPSA) is 50.1 Å². The Labute approximate surface area is 130 Å². The highest BCUT2D eigenvalue weighted by Crippen LogP contribution is 2.36. The molecule has 0 fully saturated rings. The van der Waals surface area contributed by atoms with Gasteiger partial charge < -0.3 is 4.74 Å². The molecule has 0 aliphatic carbocycles. The molecular formula is C14H9Cl2NO2S. The largest absolute Gasteiger partial charge is 0.496 e. The Morgan fingerprint density at radius 3 is 2.65 bits per heavy atom. The van der Waals surface area contributed by atoms with Crippen LogP contribution in [0.2, 0.25) is 8.67 Å². The van der Waals surface area contributed by atoms with Crippen LogP contribution in [0.25, 0.3) is 0 Å². The van der Waals surface area contributed by atoms with Gasteiger partial charge in [0.15, 0.2) is 5.78 Å². The van der Waals surface area contributed by atoms with Crippen molar-refractivity contribution in [1.29, 1.82) is 5.26 Å². The molecule has 0 N–H and O–H groups in total.